The Labute approximate surface area is 97.5 Å². The van der Waals surface area contributed by atoms with Crippen molar-refractivity contribution < 1.29 is 0 Å². The summed E-state index contributed by atoms with van der Waals surface area (Å²) in [7, 11) is 0. The first-order valence-electron chi connectivity index (χ1n) is 5.69. The van der Waals surface area contributed by atoms with E-state index in [9.17, 15) is 0 Å². The van der Waals surface area contributed by atoms with E-state index in [4.69, 9.17) is 0 Å². The topological polar surface area (TPSA) is 55.6 Å². The van der Waals surface area contributed by atoms with Crippen molar-refractivity contribution in [1.29, 1.82) is 0 Å². The number of nitrogens with zero attached hydrogens (tertiary/aromatic N) is 4. The molecule has 0 amide bonds. The number of aromatic nitrogens is 4. The molecule has 1 aromatic carbocycles. The van der Waals surface area contributed by atoms with E-state index in [0.717, 1.165) is 41.0 Å². The first-order valence-corrected chi connectivity index (χ1v) is 5.69. The van der Waals surface area contributed by atoms with Crippen LogP contribution in [-0.2, 0) is 6.54 Å². The molecule has 1 aliphatic heterocycles. The molecule has 84 valence electrons. The minimum Gasteiger partial charge on any atom is -0.368 e. The van der Waals surface area contributed by atoms with Crippen LogP contribution in [0.3, 0.4) is 0 Å². The minimum atomic E-state index is 0.844. The number of hydrogen-bond donors (Lipinski definition) is 1. The Bertz CT molecular complexity index is 743. The summed E-state index contributed by atoms with van der Waals surface area (Å²) in [4.78, 5) is 8.65. The largest absolute Gasteiger partial charge is 0.368 e. The summed E-state index contributed by atoms with van der Waals surface area (Å²) in [5, 5.41) is 10.2. The fraction of sp³-hybridized carbons (Fsp3) is 0.250. The Morgan fingerprint density at radius 2 is 2.24 bits per heavy atom. The zero-order valence-electron chi connectivity index (χ0n) is 9.44. The van der Waals surface area contributed by atoms with E-state index >= 15 is 0 Å². The monoisotopic (exact) mass is 225 g/mol. The highest BCUT2D eigenvalue weighted by Gasteiger charge is 2.17. The molecule has 3 aromatic rings. The lowest BCUT2D eigenvalue weighted by Gasteiger charge is -2.04. The van der Waals surface area contributed by atoms with Gasteiger partial charge in [0.15, 0.2) is 0 Å². The third kappa shape index (κ3) is 1.06. The van der Waals surface area contributed by atoms with Crippen LogP contribution < -0.4 is 5.32 Å². The highest BCUT2D eigenvalue weighted by molar-refractivity contribution is 6.10. The molecule has 0 saturated heterocycles. The van der Waals surface area contributed by atoms with Gasteiger partial charge in [0.25, 0.3) is 0 Å². The number of rotatable bonds is 0. The van der Waals surface area contributed by atoms with Crippen molar-refractivity contribution in [2.45, 2.75) is 13.5 Å². The molecule has 4 rings (SSSR count). The molecule has 1 aliphatic rings. The van der Waals surface area contributed by atoms with Gasteiger partial charge in [-0.2, -0.15) is 5.10 Å². The number of aryl methyl sites for hydroxylation is 1. The van der Waals surface area contributed by atoms with Gasteiger partial charge in [0.1, 0.15) is 12.1 Å². The second-order valence-electron chi connectivity index (χ2n) is 4.31. The molecule has 0 saturated carbocycles. The predicted molar refractivity (Wildman–Crippen MR) is 66.1 cm³/mol. The number of anilines is 1. The molecule has 2 aromatic heterocycles. The Hall–Kier alpha value is -2.17. The molecule has 0 fully saturated rings. The molecule has 0 atom stereocenters. The highest BCUT2D eigenvalue weighted by Crippen LogP contribution is 2.31. The maximum Gasteiger partial charge on any atom is 0.139 e. The van der Waals surface area contributed by atoms with Crippen LogP contribution in [0.1, 0.15) is 5.69 Å². The van der Waals surface area contributed by atoms with Crippen LogP contribution in [0.4, 0.5) is 5.82 Å². The lowest BCUT2D eigenvalue weighted by atomic mass is 10.1. The summed E-state index contributed by atoms with van der Waals surface area (Å²) >= 11 is 0. The van der Waals surface area contributed by atoms with Gasteiger partial charge in [-0.25, -0.2) is 9.97 Å². The van der Waals surface area contributed by atoms with E-state index in [0.29, 0.717) is 0 Å². The number of benzene rings is 1. The maximum atomic E-state index is 4.58. The summed E-state index contributed by atoms with van der Waals surface area (Å²) in [6.45, 7) is 3.75. The van der Waals surface area contributed by atoms with E-state index in [1.54, 1.807) is 6.33 Å². The zero-order valence-corrected chi connectivity index (χ0v) is 9.44. The molecule has 5 nitrogen and oxygen atoms in total. The van der Waals surface area contributed by atoms with Gasteiger partial charge < -0.3 is 5.32 Å². The summed E-state index contributed by atoms with van der Waals surface area (Å²) in [5.41, 5.74) is 3.19. The highest BCUT2D eigenvalue weighted by atomic mass is 15.3. The molecule has 0 radical (unpaired) electrons. The van der Waals surface area contributed by atoms with Crippen molar-refractivity contribution in [3.05, 3.63) is 24.2 Å². The van der Waals surface area contributed by atoms with Gasteiger partial charge in [0, 0.05) is 11.9 Å². The fourth-order valence-electron chi connectivity index (χ4n) is 2.56. The average Bonchev–Trinajstić information content (AvgIpc) is 2.55. The molecule has 0 aliphatic carbocycles. The van der Waals surface area contributed by atoms with Crippen molar-refractivity contribution in [2.24, 2.45) is 0 Å². The van der Waals surface area contributed by atoms with Crippen molar-refractivity contribution in [3.8, 4) is 0 Å². The van der Waals surface area contributed by atoms with Gasteiger partial charge in [0.05, 0.1) is 28.7 Å². The van der Waals surface area contributed by atoms with Crippen molar-refractivity contribution >= 4 is 27.6 Å². The summed E-state index contributed by atoms with van der Waals surface area (Å²) < 4.78 is 2.06. The van der Waals surface area contributed by atoms with Gasteiger partial charge >= 0.3 is 0 Å². The first kappa shape index (κ1) is 8.92. The summed E-state index contributed by atoms with van der Waals surface area (Å²) in [6, 6.07) is 4.13. The lowest BCUT2D eigenvalue weighted by molar-refractivity contribution is 0.657. The SMILES string of the molecule is Cc1nn2c3c1ccc1ncnc(c13)NCC2. The Balaban J connectivity index is 2.35. The van der Waals surface area contributed by atoms with Crippen LogP contribution in [0, 0.1) is 6.92 Å². The van der Waals surface area contributed by atoms with Crippen LogP contribution in [0.25, 0.3) is 21.8 Å². The van der Waals surface area contributed by atoms with Gasteiger partial charge in [-0.05, 0) is 19.1 Å². The Morgan fingerprint density at radius 1 is 1.29 bits per heavy atom. The molecular weight excluding hydrogens is 214 g/mol. The molecule has 0 spiro atoms. The quantitative estimate of drug-likeness (QED) is 0.633. The van der Waals surface area contributed by atoms with Crippen LogP contribution in [-0.4, -0.2) is 26.3 Å². The van der Waals surface area contributed by atoms with Crippen molar-refractivity contribution in [1.82, 2.24) is 19.7 Å². The Kier molecular flexibility index (Phi) is 1.54. The number of hydrogen-bond acceptors (Lipinski definition) is 4. The lowest BCUT2D eigenvalue weighted by Crippen LogP contribution is -2.09. The predicted octanol–water partition coefficient (Wildman–Crippen LogP) is 1.71. The van der Waals surface area contributed by atoms with Gasteiger partial charge in [-0.1, -0.05) is 0 Å². The van der Waals surface area contributed by atoms with Crippen LogP contribution in [0.2, 0.25) is 0 Å². The maximum absolute atomic E-state index is 4.58. The second kappa shape index (κ2) is 2.94. The van der Waals surface area contributed by atoms with Crippen LogP contribution in [0.5, 0.6) is 0 Å². The van der Waals surface area contributed by atoms with Gasteiger partial charge in [-0.3, -0.25) is 4.68 Å². The summed E-state index contributed by atoms with van der Waals surface area (Å²) in [6.07, 6.45) is 1.61. The van der Waals surface area contributed by atoms with E-state index in [-0.39, 0.29) is 0 Å². The molecule has 0 bridgehead atoms. The minimum absolute atomic E-state index is 0.844. The second-order valence-corrected chi connectivity index (χ2v) is 4.31. The normalized spacial score (nSPS) is 14.2. The standard InChI is InChI=1S/C12H11N5/c1-7-8-2-3-9-10-11(8)17(16-7)5-4-13-12(10)15-6-14-9/h2-3,6H,4-5H2,1H3,(H,13,14,15). The zero-order chi connectivity index (χ0) is 11.4. The van der Waals surface area contributed by atoms with Crippen molar-refractivity contribution in [2.75, 3.05) is 11.9 Å². The average molecular weight is 225 g/mol. The first-order chi connectivity index (χ1) is 8.34. The third-order valence-electron chi connectivity index (χ3n) is 3.31. The molecule has 3 heterocycles. The van der Waals surface area contributed by atoms with Gasteiger partial charge in [0.2, 0.25) is 0 Å². The number of nitrogens with one attached hydrogen (secondary N) is 1. The molecular formula is C12H11N5. The van der Waals surface area contributed by atoms with Gasteiger partial charge in [-0.15, -0.1) is 0 Å². The fourth-order valence-corrected chi connectivity index (χ4v) is 2.56. The van der Waals surface area contributed by atoms with E-state index < -0.39 is 0 Å². The van der Waals surface area contributed by atoms with Crippen molar-refractivity contribution in [3.63, 3.8) is 0 Å². The van der Waals surface area contributed by atoms with E-state index in [1.165, 1.54) is 5.39 Å². The Morgan fingerprint density at radius 3 is 3.18 bits per heavy atom. The van der Waals surface area contributed by atoms with Crippen LogP contribution >= 0.6 is 0 Å². The van der Waals surface area contributed by atoms with E-state index in [1.807, 2.05) is 13.0 Å². The molecule has 5 heteroatoms. The third-order valence-corrected chi connectivity index (χ3v) is 3.31. The molecule has 1 N–H and O–H groups in total. The van der Waals surface area contributed by atoms with Crippen LogP contribution in [0.15, 0.2) is 18.5 Å². The smallest absolute Gasteiger partial charge is 0.139 e. The summed E-state index contributed by atoms with van der Waals surface area (Å²) in [5.74, 6) is 0.916. The van der Waals surface area contributed by atoms with E-state index in [2.05, 4.69) is 31.1 Å². The molecule has 0 unspecified atom stereocenters. The molecule has 17 heavy (non-hydrogen) atoms.